The topological polar surface area (TPSA) is 38.3 Å². The summed E-state index contributed by atoms with van der Waals surface area (Å²) >= 11 is 9.14. The van der Waals surface area contributed by atoms with Crippen LogP contribution in [0.2, 0.25) is 5.02 Å². The third kappa shape index (κ3) is 4.41. The van der Waals surface area contributed by atoms with Crippen molar-refractivity contribution >= 4 is 39.1 Å². The first kappa shape index (κ1) is 15.7. The molecule has 0 aliphatic carbocycles. The first-order chi connectivity index (χ1) is 9.95. The lowest BCUT2D eigenvalue weighted by molar-refractivity contribution is -0.0497. The number of benzene rings is 2. The Morgan fingerprint density at radius 1 is 1.24 bits per heavy atom. The number of anilines is 1. The van der Waals surface area contributed by atoms with Crippen molar-refractivity contribution in [2.75, 3.05) is 5.32 Å². The number of rotatable bonds is 4. The Labute approximate surface area is 133 Å². The quantitative estimate of drug-likeness (QED) is 0.819. The SMILES string of the molecule is O=C(Nc1cccc(OC(F)F)c1)c1ccc(Br)c(Cl)c1. The lowest BCUT2D eigenvalue weighted by Crippen LogP contribution is -2.12. The van der Waals surface area contributed by atoms with Crippen molar-refractivity contribution in [3.05, 3.63) is 57.5 Å². The highest BCUT2D eigenvalue weighted by molar-refractivity contribution is 9.10. The fourth-order valence-corrected chi connectivity index (χ4v) is 2.02. The maximum absolute atomic E-state index is 12.1. The van der Waals surface area contributed by atoms with Crippen LogP contribution in [0.25, 0.3) is 0 Å². The summed E-state index contributed by atoms with van der Waals surface area (Å²) in [5.74, 6) is -0.435. The molecule has 21 heavy (non-hydrogen) atoms. The predicted molar refractivity (Wildman–Crippen MR) is 80.2 cm³/mol. The summed E-state index contributed by atoms with van der Waals surface area (Å²) in [6.07, 6.45) is 0. The summed E-state index contributed by atoms with van der Waals surface area (Å²) in [6, 6.07) is 10.5. The van der Waals surface area contributed by atoms with Crippen LogP contribution in [0, 0.1) is 0 Å². The van der Waals surface area contributed by atoms with E-state index in [4.69, 9.17) is 11.6 Å². The van der Waals surface area contributed by atoms with Gasteiger partial charge in [-0.1, -0.05) is 17.7 Å². The monoisotopic (exact) mass is 375 g/mol. The molecule has 0 saturated heterocycles. The van der Waals surface area contributed by atoms with E-state index in [1.807, 2.05) is 0 Å². The van der Waals surface area contributed by atoms with Gasteiger partial charge in [-0.15, -0.1) is 0 Å². The van der Waals surface area contributed by atoms with Crippen molar-refractivity contribution in [3.8, 4) is 5.75 Å². The first-order valence-electron chi connectivity index (χ1n) is 5.77. The van der Waals surface area contributed by atoms with Gasteiger partial charge in [-0.3, -0.25) is 4.79 Å². The molecule has 110 valence electrons. The van der Waals surface area contributed by atoms with Crippen LogP contribution in [0.4, 0.5) is 14.5 Å². The molecule has 0 fully saturated rings. The first-order valence-corrected chi connectivity index (χ1v) is 6.94. The zero-order valence-corrected chi connectivity index (χ0v) is 12.8. The number of hydrogen-bond acceptors (Lipinski definition) is 2. The van der Waals surface area contributed by atoms with Gasteiger partial charge < -0.3 is 10.1 Å². The summed E-state index contributed by atoms with van der Waals surface area (Å²) in [4.78, 5) is 12.0. The van der Waals surface area contributed by atoms with Crippen LogP contribution >= 0.6 is 27.5 Å². The fourth-order valence-electron chi connectivity index (χ4n) is 1.59. The van der Waals surface area contributed by atoms with Gasteiger partial charge in [0.05, 0.1) is 5.02 Å². The molecule has 0 spiro atoms. The molecule has 2 rings (SSSR count). The second-order valence-corrected chi connectivity index (χ2v) is 5.25. The van der Waals surface area contributed by atoms with Crippen molar-refractivity contribution in [2.45, 2.75) is 6.61 Å². The van der Waals surface area contributed by atoms with Crippen LogP contribution in [-0.2, 0) is 0 Å². The molecule has 0 bridgehead atoms. The van der Waals surface area contributed by atoms with E-state index in [0.717, 1.165) is 0 Å². The van der Waals surface area contributed by atoms with E-state index in [-0.39, 0.29) is 5.75 Å². The fraction of sp³-hybridized carbons (Fsp3) is 0.0714. The Morgan fingerprint density at radius 3 is 2.67 bits per heavy atom. The summed E-state index contributed by atoms with van der Waals surface area (Å²) in [6.45, 7) is -2.92. The second kappa shape index (κ2) is 6.87. The number of alkyl halides is 2. The molecule has 3 nitrogen and oxygen atoms in total. The summed E-state index contributed by atoms with van der Waals surface area (Å²) in [5, 5.41) is 2.98. The van der Waals surface area contributed by atoms with Gasteiger partial charge in [-0.2, -0.15) is 8.78 Å². The summed E-state index contributed by atoms with van der Waals surface area (Å²) < 4.78 is 29.2. The molecule has 0 heterocycles. The third-order valence-electron chi connectivity index (χ3n) is 2.50. The average Bonchev–Trinajstić information content (AvgIpc) is 2.41. The highest BCUT2D eigenvalue weighted by Gasteiger charge is 2.10. The lowest BCUT2D eigenvalue weighted by Gasteiger charge is -2.09. The molecule has 0 atom stereocenters. The van der Waals surface area contributed by atoms with Gasteiger partial charge in [0, 0.05) is 21.8 Å². The van der Waals surface area contributed by atoms with Crippen molar-refractivity contribution < 1.29 is 18.3 Å². The van der Waals surface area contributed by atoms with Crippen molar-refractivity contribution in [1.82, 2.24) is 0 Å². The Morgan fingerprint density at radius 2 is 2.00 bits per heavy atom. The van der Waals surface area contributed by atoms with Crippen molar-refractivity contribution in [1.29, 1.82) is 0 Å². The molecule has 1 amide bonds. The average molecular weight is 377 g/mol. The molecule has 0 saturated carbocycles. The Kier molecular flexibility index (Phi) is 5.14. The number of nitrogens with one attached hydrogen (secondary N) is 1. The molecule has 7 heteroatoms. The smallest absolute Gasteiger partial charge is 0.387 e. The van der Waals surface area contributed by atoms with Crippen LogP contribution in [0.5, 0.6) is 5.75 Å². The molecule has 0 unspecified atom stereocenters. The molecular weight excluding hydrogens is 368 g/mol. The van der Waals surface area contributed by atoms with Crippen LogP contribution in [0.1, 0.15) is 10.4 Å². The number of amides is 1. The normalized spacial score (nSPS) is 10.5. The van der Waals surface area contributed by atoms with Gasteiger partial charge in [0.2, 0.25) is 0 Å². The zero-order valence-electron chi connectivity index (χ0n) is 10.4. The van der Waals surface area contributed by atoms with Gasteiger partial charge in [-0.05, 0) is 46.3 Å². The third-order valence-corrected chi connectivity index (χ3v) is 3.73. The minimum atomic E-state index is -2.92. The minimum Gasteiger partial charge on any atom is -0.435 e. The molecular formula is C14H9BrClF2NO2. The molecule has 1 N–H and O–H groups in total. The largest absolute Gasteiger partial charge is 0.435 e. The van der Waals surface area contributed by atoms with E-state index in [0.29, 0.717) is 20.7 Å². The predicted octanol–water partition coefficient (Wildman–Crippen LogP) is 4.96. The molecule has 2 aromatic carbocycles. The van der Waals surface area contributed by atoms with E-state index in [1.54, 1.807) is 18.2 Å². The Bertz CT molecular complexity index is 667. The van der Waals surface area contributed by atoms with Gasteiger partial charge in [0.15, 0.2) is 0 Å². The molecule has 0 aromatic heterocycles. The zero-order chi connectivity index (χ0) is 15.4. The summed E-state index contributed by atoms with van der Waals surface area (Å²) in [5.41, 5.74) is 0.695. The highest BCUT2D eigenvalue weighted by atomic mass is 79.9. The number of ether oxygens (including phenoxy) is 1. The van der Waals surface area contributed by atoms with E-state index < -0.39 is 12.5 Å². The Balaban J connectivity index is 2.13. The van der Waals surface area contributed by atoms with Crippen molar-refractivity contribution in [2.24, 2.45) is 0 Å². The molecule has 0 radical (unpaired) electrons. The van der Waals surface area contributed by atoms with Crippen molar-refractivity contribution in [3.63, 3.8) is 0 Å². The minimum absolute atomic E-state index is 0.0309. The number of carbonyl (C=O) groups is 1. The van der Waals surface area contributed by atoms with E-state index in [9.17, 15) is 13.6 Å². The summed E-state index contributed by atoms with van der Waals surface area (Å²) in [7, 11) is 0. The number of halogens is 4. The lowest BCUT2D eigenvalue weighted by atomic mass is 10.2. The second-order valence-electron chi connectivity index (χ2n) is 3.99. The molecule has 2 aromatic rings. The van der Waals surface area contributed by atoms with E-state index in [1.165, 1.54) is 24.3 Å². The molecule has 0 aliphatic rings. The van der Waals surface area contributed by atoms with Gasteiger partial charge in [-0.25, -0.2) is 0 Å². The number of carbonyl (C=O) groups excluding carboxylic acids is 1. The maximum Gasteiger partial charge on any atom is 0.387 e. The van der Waals surface area contributed by atoms with Crippen LogP contribution in [0.3, 0.4) is 0 Å². The Hall–Kier alpha value is -1.66. The van der Waals surface area contributed by atoms with E-state index >= 15 is 0 Å². The van der Waals surface area contributed by atoms with Crippen LogP contribution in [0.15, 0.2) is 46.9 Å². The van der Waals surface area contributed by atoms with Crippen LogP contribution < -0.4 is 10.1 Å². The van der Waals surface area contributed by atoms with Gasteiger partial charge in [0.1, 0.15) is 5.75 Å². The van der Waals surface area contributed by atoms with Crippen LogP contribution in [-0.4, -0.2) is 12.5 Å². The maximum atomic E-state index is 12.1. The standard InChI is InChI=1S/C14H9BrClF2NO2/c15-11-5-4-8(6-12(11)16)13(20)19-9-2-1-3-10(7-9)21-14(17)18/h1-7,14H,(H,19,20). The highest BCUT2D eigenvalue weighted by Crippen LogP contribution is 2.24. The van der Waals surface area contributed by atoms with E-state index in [2.05, 4.69) is 26.0 Å². The molecule has 0 aliphatic heterocycles. The van der Waals surface area contributed by atoms with Gasteiger partial charge >= 0.3 is 6.61 Å². The van der Waals surface area contributed by atoms with Gasteiger partial charge in [0.25, 0.3) is 5.91 Å². The number of hydrogen-bond donors (Lipinski definition) is 1.